The zero-order chi connectivity index (χ0) is 16.9. The molecule has 0 aliphatic heterocycles. The Morgan fingerprint density at radius 2 is 2.21 bits per heavy atom. The number of aromatic nitrogens is 1. The maximum atomic E-state index is 12.0. The van der Waals surface area contributed by atoms with Crippen LogP contribution in [0.2, 0.25) is 5.02 Å². The average Bonchev–Trinajstić information content (AvgIpc) is 2.95. The molecule has 3 rings (SSSR count). The number of hydrogen-bond donors (Lipinski definition) is 1. The molecule has 0 atom stereocenters. The van der Waals surface area contributed by atoms with Gasteiger partial charge in [0.05, 0.1) is 16.8 Å². The number of nitrogens with one attached hydrogen (secondary N) is 1. The number of rotatable bonds is 5. The second-order valence-electron chi connectivity index (χ2n) is 4.96. The molecular weight excluding hydrogens is 344 g/mol. The Morgan fingerprint density at radius 1 is 1.33 bits per heavy atom. The van der Waals surface area contributed by atoms with Crippen molar-refractivity contribution in [2.45, 2.75) is 6.92 Å². The summed E-state index contributed by atoms with van der Waals surface area (Å²) in [5.74, 6) is 0.562. The molecule has 0 aliphatic rings. The van der Waals surface area contributed by atoms with Crippen molar-refractivity contribution in [3.05, 3.63) is 59.1 Å². The molecule has 4 nitrogen and oxygen atoms in total. The monoisotopic (exact) mass is 358 g/mol. The average molecular weight is 359 g/mol. The van der Waals surface area contributed by atoms with E-state index in [0.717, 1.165) is 21.5 Å². The third-order valence-electron chi connectivity index (χ3n) is 3.18. The van der Waals surface area contributed by atoms with Crippen molar-refractivity contribution in [3.63, 3.8) is 0 Å². The van der Waals surface area contributed by atoms with E-state index in [4.69, 9.17) is 16.3 Å². The summed E-state index contributed by atoms with van der Waals surface area (Å²) in [7, 11) is 0. The molecule has 0 spiro atoms. The van der Waals surface area contributed by atoms with Gasteiger partial charge in [-0.2, -0.15) is 0 Å². The highest BCUT2D eigenvalue weighted by Crippen LogP contribution is 2.29. The molecule has 24 heavy (non-hydrogen) atoms. The highest BCUT2D eigenvalue weighted by Gasteiger charge is 2.07. The molecule has 6 heteroatoms. The summed E-state index contributed by atoms with van der Waals surface area (Å²) in [6.07, 6.45) is 3.17. The van der Waals surface area contributed by atoms with Crippen LogP contribution in [0.4, 0.5) is 5.13 Å². The van der Waals surface area contributed by atoms with Crippen LogP contribution in [-0.4, -0.2) is 17.5 Å². The Labute approximate surface area is 148 Å². The van der Waals surface area contributed by atoms with Gasteiger partial charge in [-0.3, -0.25) is 10.1 Å². The van der Waals surface area contributed by atoms with E-state index in [0.29, 0.717) is 16.8 Å². The molecule has 122 valence electrons. The molecule has 1 amide bonds. The van der Waals surface area contributed by atoms with Gasteiger partial charge in [-0.05, 0) is 48.9 Å². The Bertz CT molecular complexity index is 905. The molecule has 0 saturated heterocycles. The fraction of sp³-hybridized carbons (Fsp3) is 0.111. The molecule has 0 saturated carbocycles. The van der Waals surface area contributed by atoms with Crippen molar-refractivity contribution in [2.24, 2.45) is 0 Å². The van der Waals surface area contributed by atoms with Crippen LogP contribution in [0.1, 0.15) is 12.5 Å². The number of fused-ring (bicyclic) bond motifs is 1. The Kier molecular flexibility index (Phi) is 5.13. The number of halogens is 1. The van der Waals surface area contributed by atoms with Crippen molar-refractivity contribution in [3.8, 4) is 5.75 Å². The number of thiazole rings is 1. The number of nitrogens with zero attached hydrogens (tertiary/aromatic N) is 1. The maximum Gasteiger partial charge on any atom is 0.250 e. The van der Waals surface area contributed by atoms with Gasteiger partial charge in [-0.1, -0.05) is 35.1 Å². The molecule has 1 heterocycles. The standard InChI is InChI=1S/C18H15ClN2O2S/c1-2-23-14-7-8-15-16(11-14)24-18(20-15)21-17(22)9-6-12-4-3-5-13(19)10-12/h3-11H,2H2,1H3,(H,20,21,22)/b9-6+. The summed E-state index contributed by atoms with van der Waals surface area (Å²) in [6, 6.07) is 13.0. The van der Waals surface area contributed by atoms with Crippen molar-refractivity contribution in [1.29, 1.82) is 0 Å². The van der Waals surface area contributed by atoms with E-state index < -0.39 is 0 Å². The lowest BCUT2D eigenvalue weighted by Crippen LogP contribution is -2.07. The summed E-state index contributed by atoms with van der Waals surface area (Å²) in [5.41, 5.74) is 1.70. The number of amides is 1. The Hall–Kier alpha value is -2.37. The van der Waals surface area contributed by atoms with E-state index in [9.17, 15) is 4.79 Å². The van der Waals surface area contributed by atoms with E-state index in [1.54, 1.807) is 18.2 Å². The molecule has 0 unspecified atom stereocenters. The first kappa shape index (κ1) is 16.5. The van der Waals surface area contributed by atoms with Gasteiger partial charge in [0.15, 0.2) is 5.13 Å². The number of anilines is 1. The first-order valence-corrected chi connectivity index (χ1v) is 8.61. The summed E-state index contributed by atoms with van der Waals surface area (Å²) in [6.45, 7) is 2.55. The molecule has 0 radical (unpaired) electrons. The van der Waals surface area contributed by atoms with Gasteiger partial charge in [-0.15, -0.1) is 0 Å². The van der Waals surface area contributed by atoms with Gasteiger partial charge < -0.3 is 4.74 Å². The van der Waals surface area contributed by atoms with Gasteiger partial charge >= 0.3 is 0 Å². The molecule has 0 bridgehead atoms. The third kappa shape index (κ3) is 4.13. The van der Waals surface area contributed by atoms with Crippen LogP contribution in [0, 0.1) is 0 Å². The minimum atomic E-state index is -0.237. The van der Waals surface area contributed by atoms with Crippen LogP contribution < -0.4 is 10.1 Å². The SMILES string of the molecule is CCOc1ccc2nc(NC(=O)/C=C/c3cccc(Cl)c3)sc2c1. The van der Waals surface area contributed by atoms with Crippen LogP contribution >= 0.6 is 22.9 Å². The highest BCUT2D eigenvalue weighted by molar-refractivity contribution is 7.22. The number of benzene rings is 2. The van der Waals surface area contributed by atoms with Crippen LogP contribution in [0.3, 0.4) is 0 Å². The molecule has 1 aromatic heterocycles. The van der Waals surface area contributed by atoms with Crippen molar-refractivity contribution in [2.75, 3.05) is 11.9 Å². The van der Waals surface area contributed by atoms with Gasteiger partial charge in [0.2, 0.25) is 5.91 Å². The normalized spacial score (nSPS) is 11.1. The lowest BCUT2D eigenvalue weighted by molar-refractivity contribution is -0.111. The van der Waals surface area contributed by atoms with Crippen LogP contribution in [0.15, 0.2) is 48.5 Å². The predicted octanol–water partition coefficient (Wildman–Crippen LogP) is 5.00. The third-order valence-corrected chi connectivity index (χ3v) is 4.35. The van der Waals surface area contributed by atoms with Crippen molar-refractivity contribution >= 4 is 50.3 Å². The Balaban J connectivity index is 1.71. The minimum absolute atomic E-state index is 0.237. The van der Waals surface area contributed by atoms with Crippen molar-refractivity contribution in [1.82, 2.24) is 4.98 Å². The number of hydrogen-bond acceptors (Lipinski definition) is 4. The molecule has 1 N–H and O–H groups in total. The second kappa shape index (κ2) is 7.47. The maximum absolute atomic E-state index is 12.0. The molecule has 2 aromatic carbocycles. The highest BCUT2D eigenvalue weighted by atomic mass is 35.5. The fourth-order valence-electron chi connectivity index (χ4n) is 2.14. The van der Waals surface area contributed by atoms with Gasteiger partial charge in [0, 0.05) is 11.1 Å². The first-order valence-electron chi connectivity index (χ1n) is 7.42. The van der Waals surface area contributed by atoms with E-state index in [1.165, 1.54) is 17.4 Å². The second-order valence-corrected chi connectivity index (χ2v) is 6.43. The summed E-state index contributed by atoms with van der Waals surface area (Å²) >= 11 is 7.33. The summed E-state index contributed by atoms with van der Waals surface area (Å²) in [5, 5.41) is 3.96. The Morgan fingerprint density at radius 3 is 3.00 bits per heavy atom. The molecule has 0 aliphatic carbocycles. The quantitative estimate of drug-likeness (QED) is 0.653. The molecule has 3 aromatic rings. The van der Waals surface area contributed by atoms with Gasteiger partial charge in [-0.25, -0.2) is 4.98 Å². The van der Waals surface area contributed by atoms with Crippen LogP contribution in [-0.2, 0) is 4.79 Å². The van der Waals surface area contributed by atoms with Crippen LogP contribution in [0.5, 0.6) is 5.75 Å². The number of ether oxygens (including phenoxy) is 1. The zero-order valence-corrected chi connectivity index (χ0v) is 14.5. The lowest BCUT2D eigenvalue weighted by atomic mass is 10.2. The summed E-state index contributed by atoms with van der Waals surface area (Å²) in [4.78, 5) is 16.4. The van der Waals surface area contributed by atoms with E-state index >= 15 is 0 Å². The van der Waals surface area contributed by atoms with Gasteiger partial charge in [0.1, 0.15) is 5.75 Å². The molecule has 0 fully saturated rings. The fourth-order valence-corrected chi connectivity index (χ4v) is 3.24. The number of carbonyl (C=O) groups excluding carboxylic acids is 1. The zero-order valence-electron chi connectivity index (χ0n) is 13.0. The van der Waals surface area contributed by atoms with E-state index in [1.807, 2.05) is 37.3 Å². The summed E-state index contributed by atoms with van der Waals surface area (Å²) < 4.78 is 6.44. The van der Waals surface area contributed by atoms with E-state index in [-0.39, 0.29) is 5.91 Å². The minimum Gasteiger partial charge on any atom is -0.494 e. The van der Waals surface area contributed by atoms with Crippen LogP contribution in [0.25, 0.3) is 16.3 Å². The predicted molar refractivity (Wildman–Crippen MR) is 99.9 cm³/mol. The first-order chi connectivity index (χ1) is 11.6. The molecular formula is C18H15ClN2O2S. The topological polar surface area (TPSA) is 51.2 Å². The lowest BCUT2D eigenvalue weighted by Gasteiger charge is -2.00. The van der Waals surface area contributed by atoms with Crippen molar-refractivity contribution < 1.29 is 9.53 Å². The smallest absolute Gasteiger partial charge is 0.250 e. The number of carbonyl (C=O) groups is 1. The largest absolute Gasteiger partial charge is 0.494 e. The van der Waals surface area contributed by atoms with Gasteiger partial charge in [0.25, 0.3) is 0 Å². The van der Waals surface area contributed by atoms with E-state index in [2.05, 4.69) is 10.3 Å².